The van der Waals surface area contributed by atoms with Gasteiger partial charge >= 0.3 is 0 Å². The zero-order chi connectivity index (χ0) is 13.7. The van der Waals surface area contributed by atoms with E-state index in [1.54, 1.807) is 6.20 Å². The van der Waals surface area contributed by atoms with Gasteiger partial charge in [-0.1, -0.05) is 29.8 Å². The summed E-state index contributed by atoms with van der Waals surface area (Å²) in [6.07, 6.45) is 1.64. The number of aromatic nitrogens is 1. The Morgan fingerprint density at radius 2 is 1.80 bits per heavy atom. The maximum atomic E-state index is 6.10. The second-order valence-electron chi connectivity index (χ2n) is 4.65. The normalized spacial score (nSPS) is 11.5. The minimum Gasteiger partial charge on any atom is -0.461 e. The van der Waals surface area contributed by atoms with Crippen molar-refractivity contribution in [1.82, 2.24) is 4.98 Å². The molecule has 3 heterocycles. The van der Waals surface area contributed by atoms with Crippen LogP contribution in [0.2, 0.25) is 5.15 Å². The summed E-state index contributed by atoms with van der Waals surface area (Å²) in [5, 5.41) is 2.30. The van der Waals surface area contributed by atoms with Gasteiger partial charge in [0.1, 0.15) is 27.8 Å². The van der Waals surface area contributed by atoms with Crippen molar-refractivity contribution in [3.63, 3.8) is 0 Å². The van der Waals surface area contributed by atoms with Crippen molar-refractivity contribution in [2.24, 2.45) is 0 Å². The van der Waals surface area contributed by atoms with Crippen LogP contribution in [0.4, 0.5) is 0 Å². The lowest BCUT2D eigenvalue weighted by Gasteiger charge is -1.94. The summed E-state index contributed by atoms with van der Waals surface area (Å²) >= 11 is 6.10. The number of hydrogen-bond acceptors (Lipinski definition) is 3. The third kappa shape index (κ3) is 1.57. The number of para-hydroxylation sites is 1. The van der Waals surface area contributed by atoms with Crippen molar-refractivity contribution in [3.8, 4) is 11.3 Å². The molecule has 20 heavy (non-hydrogen) atoms. The van der Waals surface area contributed by atoms with E-state index in [4.69, 9.17) is 20.4 Å². The molecule has 0 unspecified atom stereocenters. The number of halogens is 1. The molecule has 0 saturated heterocycles. The van der Waals surface area contributed by atoms with Gasteiger partial charge < -0.3 is 8.83 Å². The Morgan fingerprint density at radius 1 is 1.00 bits per heavy atom. The number of fused-ring (bicyclic) bond motifs is 2. The van der Waals surface area contributed by atoms with Gasteiger partial charge in [0.25, 0.3) is 0 Å². The van der Waals surface area contributed by atoms with Gasteiger partial charge in [0.2, 0.25) is 0 Å². The lowest BCUT2D eigenvalue weighted by molar-refractivity contribution is 0.574. The van der Waals surface area contributed by atoms with E-state index in [2.05, 4.69) is 4.98 Å². The molecule has 0 fully saturated rings. The Balaban J connectivity index is 2.06. The third-order valence-electron chi connectivity index (χ3n) is 3.41. The first-order valence-corrected chi connectivity index (χ1v) is 6.64. The zero-order valence-corrected chi connectivity index (χ0v) is 11.4. The molecule has 1 aromatic carbocycles. The van der Waals surface area contributed by atoms with E-state index < -0.39 is 0 Å². The first-order chi connectivity index (χ1) is 9.74. The average Bonchev–Trinajstić information content (AvgIpc) is 2.99. The van der Waals surface area contributed by atoms with Gasteiger partial charge in [-0.05, 0) is 25.1 Å². The fraction of sp³-hybridized carbons (Fsp3) is 0.0625. The molecule has 0 spiro atoms. The molecule has 0 radical (unpaired) electrons. The van der Waals surface area contributed by atoms with Crippen LogP contribution in [-0.2, 0) is 0 Å². The van der Waals surface area contributed by atoms with Gasteiger partial charge in [0.15, 0.2) is 0 Å². The summed E-state index contributed by atoms with van der Waals surface area (Å²) in [7, 11) is 0. The first-order valence-electron chi connectivity index (χ1n) is 6.26. The fourth-order valence-corrected chi connectivity index (χ4v) is 2.73. The highest BCUT2D eigenvalue weighted by Crippen LogP contribution is 2.38. The van der Waals surface area contributed by atoms with Crippen molar-refractivity contribution in [1.29, 1.82) is 0 Å². The van der Waals surface area contributed by atoms with E-state index in [0.717, 1.165) is 39.0 Å². The average molecular weight is 284 g/mol. The molecule has 3 aromatic heterocycles. The second kappa shape index (κ2) is 4.12. The molecular formula is C16H10ClNO2. The molecule has 0 saturated carbocycles. The molecule has 3 nitrogen and oxygen atoms in total. The Labute approximate surface area is 119 Å². The number of furan rings is 2. The predicted molar refractivity (Wildman–Crippen MR) is 79.0 cm³/mol. The van der Waals surface area contributed by atoms with Gasteiger partial charge in [-0.25, -0.2) is 4.98 Å². The van der Waals surface area contributed by atoms with Gasteiger partial charge in [-0.3, -0.25) is 0 Å². The molecule has 0 N–H and O–H groups in total. The highest BCUT2D eigenvalue weighted by Gasteiger charge is 2.17. The van der Waals surface area contributed by atoms with Crippen molar-refractivity contribution >= 4 is 33.5 Å². The van der Waals surface area contributed by atoms with Gasteiger partial charge in [-0.15, -0.1) is 0 Å². The Hall–Kier alpha value is -2.26. The first kappa shape index (κ1) is 11.6. The number of nitrogens with zero attached hydrogens (tertiary/aromatic N) is 1. The Bertz CT molecular complexity index is 936. The molecular weight excluding hydrogens is 274 g/mol. The smallest absolute Gasteiger partial charge is 0.140 e. The van der Waals surface area contributed by atoms with E-state index in [1.807, 2.05) is 43.3 Å². The minimum atomic E-state index is 0.447. The van der Waals surface area contributed by atoms with Gasteiger partial charge in [-0.2, -0.15) is 0 Å². The summed E-state index contributed by atoms with van der Waals surface area (Å²) in [5.41, 5.74) is 2.54. The molecule has 4 rings (SSSR count). The van der Waals surface area contributed by atoms with E-state index >= 15 is 0 Å². The Morgan fingerprint density at radius 3 is 2.65 bits per heavy atom. The van der Waals surface area contributed by atoms with Crippen LogP contribution in [0, 0.1) is 6.92 Å². The number of hydrogen-bond donors (Lipinski definition) is 0. The van der Waals surface area contributed by atoms with E-state index in [-0.39, 0.29) is 0 Å². The van der Waals surface area contributed by atoms with Gasteiger partial charge in [0, 0.05) is 11.6 Å². The molecule has 0 amide bonds. The summed E-state index contributed by atoms with van der Waals surface area (Å²) in [5.74, 6) is 1.58. The van der Waals surface area contributed by atoms with Crippen LogP contribution in [-0.4, -0.2) is 4.98 Å². The zero-order valence-electron chi connectivity index (χ0n) is 10.7. The third-order valence-corrected chi connectivity index (χ3v) is 3.72. The summed E-state index contributed by atoms with van der Waals surface area (Å²) in [6, 6.07) is 11.6. The Kier molecular flexibility index (Phi) is 2.38. The number of pyridine rings is 1. The van der Waals surface area contributed by atoms with Crippen molar-refractivity contribution in [2.75, 3.05) is 0 Å². The summed E-state index contributed by atoms with van der Waals surface area (Å²) in [6.45, 7) is 1.93. The number of benzene rings is 1. The molecule has 98 valence electrons. The quantitative estimate of drug-likeness (QED) is 0.451. The highest BCUT2D eigenvalue weighted by atomic mass is 35.5. The monoisotopic (exact) mass is 283 g/mol. The van der Waals surface area contributed by atoms with Crippen molar-refractivity contribution in [3.05, 3.63) is 53.5 Å². The summed E-state index contributed by atoms with van der Waals surface area (Å²) < 4.78 is 11.7. The highest BCUT2D eigenvalue weighted by molar-refractivity contribution is 6.34. The number of aryl methyl sites for hydroxylation is 1. The van der Waals surface area contributed by atoms with Crippen LogP contribution >= 0.6 is 11.6 Å². The second-order valence-corrected chi connectivity index (χ2v) is 5.01. The van der Waals surface area contributed by atoms with Crippen molar-refractivity contribution < 1.29 is 8.83 Å². The molecule has 0 aliphatic heterocycles. The largest absolute Gasteiger partial charge is 0.461 e. The lowest BCUT2D eigenvalue weighted by Crippen LogP contribution is -1.74. The standard InChI is InChI=1S/C16H10ClNO2/c1-9-15(10-4-2-3-5-12(10)19-9)14-8-11-13(20-14)6-7-18-16(11)17/h2-8H,1H3. The maximum Gasteiger partial charge on any atom is 0.140 e. The molecule has 0 atom stereocenters. The SMILES string of the molecule is Cc1oc2ccccc2c1-c1cc2c(Cl)nccc2o1. The van der Waals surface area contributed by atoms with E-state index in [0.29, 0.717) is 5.15 Å². The van der Waals surface area contributed by atoms with Gasteiger partial charge in [0.05, 0.1) is 10.9 Å². The number of rotatable bonds is 1. The van der Waals surface area contributed by atoms with Crippen LogP contribution in [0.3, 0.4) is 0 Å². The van der Waals surface area contributed by atoms with Crippen LogP contribution < -0.4 is 0 Å². The van der Waals surface area contributed by atoms with Crippen LogP contribution in [0.25, 0.3) is 33.3 Å². The van der Waals surface area contributed by atoms with Crippen LogP contribution in [0.15, 0.2) is 51.4 Å². The fourth-order valence-electron chi connectivity index (χ4n) is 2.53. The van der Waals surface area contributed by atoms with Crippen LogP contribution in [0.1, 0.15) is 5.76 Å². The molecule has 4 heteroatoms. The topological polar surface area (TPSA) is 39.2 Å². The predicted octanol–water partition coefficient (Wildman–Crippen LogP) is 5.20. The maximum absolute atomic E-state index is 6.10. The van der Waals surface area contributed by atoms with E-state index in [1.165, 1.54) is 0 Å². The lowest BCUT2D eigenvalue weighted by atomic mass is 10.1. The van der Waals surface area contributed by atoms with E-state index in [9.17, 15) is 0 Å². The summed E-state index contributed by atoms with van der Waals surface area (Å²) in [4.78, 5) is 4.07. The molecule has 0 aliphatic rings. The van der Waals surface area contributed by atoms with Crippen molar-refractivity contribution in [2.45, 2.75) is 6.92 Å². The molecule has 0 aliphatic carbocycles. The molecule has 0 bridgehead atoms. The molecule has 4 aromatic rings. The van der Waals surface area contributed by atoms with Crippen LogP contribution in [0.5, 0.6) is 0 Å². The minimum absolute atomic E-state index is 0.447.